The second kappa shape index (κ2) is 7.13. The van der Waals surface area contributed by atoms with Gasteiger partial charge in [-0.15, -0.1) is 10.2 Å². The summed E-state index contributed by atoms with van der Waals surface area (Å²) in [5.41, 5.74) is 1.40. The van der Waals surface area contributed by atoms with Crippen LogP contribution in [0, 0.1) is 12.8 Å². The number of amides is 1. The number of aliphatic hydroxyl groups is 1. The van der Waals surface area contributed by atoms with Crippen LogP contribution in [-0.4, -0.2) is 45.8 Å². The molecule has 1 amide bonds. The van der Waals surface area contributed by atoms with Crippen molar-refractivity contribution in [3.63, 3.8) is 0 Å². The van der Waals surface area contributed by atoms with Crippen LogP contribution in [0.4, 0.5) is 0 Å². The average Bonchev–Trinajstić information content (AvgIpc) is 3.03. The maximum absolute atomic E-state index is 12.6. The Morgan fingerprint density at radius 2 is 1.96 bits per heavy atom. The van der Waals surface area contributed by atoms with Gasteiger partial charge in [-0.2, -0.15) is 0 Å². The maximum Gasteiger partial charge on any atom is 0.253 e. The Kier molecular flexibility index (Phi) is 4.94. The Morgan fingerprint density at radius 3 is 2.58 bits per heavy atom. The minimum absolute atomic E-state index is 0.0407. The Hall–Kier alpha value is -2.21. The molecule has 1 aliphatic rings. The van der Waals surface area contributed by atoms with E-state index in [2.05, 4.69) is 10.2 Å². The van der Waals surface area contributed by atoms with Crippen molar-refractivity contribution in [3.8, 4) is 11.5 Å². The average molecular weight is 329 g/mol. The van der Waals surface area contributed by atoms with E-state index in [9.17, 15) is 9.90 Å². The van der Waals surface area contributed by atoms with Gasteiger partial charge in [0.1, 0.15) is 0 Å². The number of carbonyl (C=O) groups is 1. The zero-order valence-electron chi connectivity index (χ0n) is 14.1. The van der Waals surface area contributed by atoms with Crippen molar-refractivity contribution in [2.75, 3.05) is 13.6 Å². The maximum atomic E-state index is 12.6. The molecule has 1 aliphatic carbocycles. The van der Waals surface area contributed by atoms with Gasteiger partial charge in [0.25, 0.3) is 5.91 Å². The van der Waals surface area contributed by atoms with E-state index in [1.165, 1.54) is 0 Å². The third-order valence-corrected chi connectivity index (χ3v) is 4.63. The molecule has 1 aromatic heterocycles. The summed E-state index contributed by atoms with van der Waals surface area (Å²) in [6, 6.07) is 7.16. The summed E-state index contributed by atoms with van der Waals surface area (Å²) < 4.78 is 5.38. The molecule has 1 heterocycles. The van der Waals surface area contributed by atoms with Crippen molar-refractivity contribution in [1.82, 2.24) is 15.1 Å². The summed E-state index contributed by atoms with van der Waals surface area (Å²) in [4.78, 5) is 14.3. The summed E-state index contributed by atoms with van der Waals surface area (Å²) in [5.74, 6) is 1.09. The highest BCUT2D eigenvalue weighted by Crippen LogP contribution is 2.25. The first-order valence-corrected chi connectivity index (χ1v) is 8.38. The molecule has 2 aromatic rings. The fourth-order valence-corrected chi connectivity index (χ4v) is 3.22. The highest BCUT2D eigenvalue weighted by Gasteiger charge is 2.26. The second-order valence-corrected chi connectivity index (χ2v) is 6.50. The summed E-state index contributed by atoms with van der Waals surface area (Å²) >= 11 is 0. The number of hydrogen-bond donors (Lipinski definition) is 1. The topological polar surface area (TPSA) is 79.5 Å². The summed E-state index contributed by atoms with van der Waals surface area (Å²) in [7, 11) is 1.79. The largest absolute Gasteiger partial charge is 0.421 e. The van der Waals surface area contributed by atoms with Gasteiger partial charge >= 0.3 is 0 Å². The first-order chi connectivity index (χ1) is 11.5. The standard InChI is InChI=1S/C18H23N3O3/c1-12-19-20-17(24-12)13-7-9-14(10-8-13)18(23)21(2)11-15-5-3-4-6-16(15)22/h7-10,15-16,22H,3-6,11H2,1-2H3. The van der Waals surface area contributed by atoms with Crippen molar-refractivity contribution in [2.24, 2.45) is 5.92 Å². The molecule has 3 rings (SSSR count). The van der Waals surface area contributed by atoms with Gasteiger partial charge in [0.15, 0.2) is 0 Å². The molecule has 0 saturated heterocycles. The minimum atomic E-state index is -0.294. The highest BCUT2D eigenvalue weighted by molar-refractivity contribution is 5.94. The predicted molar refractivity (Wildman–Crippen MR) is 89.4 cm³/mol. The highest BCUT2D eigenvalue weighted by atomic mass is 16.4. The lowest BCUT2D eigenvalue weighted by Gasteiger charge is -2.31. The Morgan fingerprint density at radius 1 is 1.25 bits per heavy atom. The fraction of sp³-hybridized carbons (Fsp3) is 0.500. The SMILES string of the molecule is Cc1nnc(-c2ccc(C(=O)N(C)CC3CCCCC3O)cc2)o1. The van der Waals surface area contributed by atoms with E-state index in [0.29, 0.717) is 23.9 Å². The normalized spacial score (nSPS) is 20.8. The summed E-state index contributed by atoms with van der Waals surface area (Å²) in [6.07, 6.45) is 3.73. The van der Waals surface area contributed by atoms with E-state index in [1.807, 2.05) is 12.1 Å². The van der Waals surface area contributed by atoms with Gasteiger partial charge in [-0.3, -0.25) is 4.79 Å². The van der Waals surface area contributed by atoms with Crippen LogP contribution in [0.3, 0.4) is 0 Å². The lowest BCUT2D eigenvalue weighted by molar-refractivity contribution is 0.0451. The summed E-state index contributed by atoms with van der Waals surface area (Å²) in [5, 5.41) is 17.9. The molecule has 0 radical (unpaired) electrons. The molecule has 6 nitrogen and oxygen atoms in total. The van der Waals surface area contributed by atoms with Crippen LogP contribution >= 0.6 is 0 Å². The monoisotopic (exact) mass is 329 g/mol. The van der Waals surface area contributed by atoms with Gasteiger partial charge < -0.3 is 14.4 Å². The van der Waals surface area contributed by atoms with Gasteiger partial charge in [0.05, 0.1) is 6.10 Å². The van der Waals surface area contributed by atoms with Gasteiger partial charge in [0, 0.05) is 37.6 Å². The van der Waals surface area contributed by atoms with Gasteiger partial charge in [-0.1, -0.05) is 12.8 Å². The first kappa shape index (κ1) is 16.6. The van der Waals surface area contributed by atoms with Crippen molar-refractivity contribution in [1.29, 1.82) is 0 Å². The molecule has 0 bridgehead atoms. The zero-order valence-corrected chi connectivity index (χ0v) is 14.1. The van der Waals surface area contributed by atoms with Gasteiger partial charge in [-0.25, -0.2) is 0 Å². The molecular formula is C18H23N3O3. The van der Waals surface area contributed by atoms with Crippen molar-refractivity contribution in [2.45, 2.75) is 38.7 Å². The molecule has 6 heteroatoms. The zero-order chi connectivity index (χ0) is 17.1. The van der Waals surface area contributed by atoms with Crippen molar-refractivity contribution >= 4 is 5.91 Å². The minimum Gasteiger partial charge on any atom is -0.421 e. The number of aromatic nitrogens is 2. The third kappa shape index (κ3) is 3.64. The van der Waals surface area contributed by atoms with E-state index in [4.69, 9.17) is 4.42 Å². The molecule has 0 spiro atoms. The fourth-order valence-electron chi connectivity index (χ4n) is 3.22. The molecule has 24 heavy (non-hydrogen) atoms. The molecule has 1 fully saturated rings. The number of aryl methyl sites for hydroxylation is 1. The number of carbonyl (C=O) groups excluding carboxylic acids is 1. The molecule has 0 aliphatic heterocycles. The van der Waals surface area contributed by atoms with Crippen LogP contribution in [-0.2, 0) is 0 Å². The number of benzene rings is 1. The van der Waals surface area contributed by atoms with Gasteiger partial charge in [-0.05, 0) is 37.1 Å². The number of hydrogen-bond acceptors (Lipinski definition) is 5. The second-order valence-electron chi connectivity index (χ2n) is 6.50. The molecule has 1 N–H and O–H groups in total. The van der Waals surface area contributed by atoms with Crippen LogP contribution in [0.5, 0.6) is 0 Å². The van der Waals surface area contributed by atoms with E-state index in [1.54, 1.807) is 31.0 Å². The van der Waals surface area contributed by atoms with Crippen LogP contribution in [0.15, 0.2) is 28.7 Å². The predicted octanol–water partition coefficient (Wildman–Crippen LogP) is 2.67. The Bertz CT molecular complexity index is 696. The third-order valence-electron chi connectivity index (χ3n) is 4.63. The van der Waals surface area contributed by atoms with Crippen LogP contribution in [0.1, 0.15) is 41.9 Å². The number of nitrogens with zero attached hydrogens (tertiary/aromatic N) is 3. The molecule has 1 saturated carbocycles. The van der Waals surface area contributed by atoms with Crippen LogP contribution in [0.2, 0.25) is 0 Å². The van der Waals surface area contributed by atoms with Crippen molar-refractivity contribution < 1.29 is 14.3 Å². The van der Waals surface area contributed by atoms with E-state index in [0.717, 1.165) is 31.2 Å². The Labute approximate surface area is 141 Å². The molecule has 2 atom stereocenters. The Balaban J connectivity index is 1.65. The van der Waals surface area contributed by atoms with E-state index < -0.39 is 0 Å². The quantitative estimate of drug-likeness (QED) is 0.933. The molecular weight excluding hydrogens is 306 g/mol. The van der Waals surface area contributed by atoms with E-state index >= 15 is 0 Å². The number of rotatable bonds is 4. The molecule has 1 aromatic carbocycles. The lowest BCUT2D eigenvalue weighted by atomic mass is 9.86. The first-order valence-electron chi connectivity index (χ1n) is 8.38. The molecule has 2 unspecified atom stereocenters. The van der Waals surface area contributed by atoms with Crippen molar-refractivity contribution in [3.05, 3.63) is 35.7 Å². The smallest absolute Gasteiger partial charge is 0.253 e. The van der Waals surface area contributed by atoms with Crippen LogP contribution in [0.25, 0.3) is 11.5 Å². The lowest BCUT2D eigenvalue weighted by Crippen LogP contribution is -2.38. The summed E-state index contributed by atoms with van der Waals surface area (Å²) in [6.45, 7) is 2.33. The molecule has 128 valence electrons. The van der Waals surface area contributed by atoms with Crippen LogP contribution < -0.4 is 0 Å². The number of aliphatic hydroxyl groups excluding tert-OH is 1. The van der Waals surface area contributed by atoms with Gasteiger partial charge in [0.2, 0.25) is 11.8 Å². The van der Waals surface area contributed by atoms with E-state index in [-0.39, 0.29) is 17.9 Å².